The van der Waals surface area contributed by atoms with E-state index >= 15 is 0 Å². The minimum atomic E-state index is -1.17. The molecular formula is C15H22O2. The third kappa shape index (κ3) is 2.99. The molecule has 0 aromatic carbocycles. The number of fused-ring (bicyclic) bond motifs is 1. The van der Waals surface area contributed by atoms with Gasteiger partial charge >= 0.3 is 5.97 Å². The molecule has 0 unspecified atom stereocenters. The highest BCUT2D eigenvalue weighted by molar-refractivity contribution is 5.75. The van der Waals surface area contributed by atoms with E-state index in [9.17, 15) is 4.79 Å². The lowest BCUT2D eigenvalue weighted by atomic mass is 9.80. The van der Waals surface area contributed by atoms with Gasteiger partial charge in [-0.25, -0.2) is 0 Å². The van der Waals surface area contributed by atoms with Crippen LogP contribution in [0.5, 0.6) is 0 Å². The van der Waals surface area contributed by atoms with Crippen molar-refractivity contribution >= 4 is 5.97 Å². The average molecular weight is 235 g/mol. The second-order valence-electron chi connectivity index (χ2n) is 5.97. The fourth-order valence-corrected chi connectivity index (χ4v) is 2.22. The normalized spacial score (nSPS) is 33.5. The Labute approximate surface area is 105 Å². The Balaban J connectivity index is 2.15. The van der Waals surface area contributed by atoms with Crippen LogP contribution in [0.15, 0.2) is 23.8 Å². The van der Waals surface area contributed by atoms with Crippen LogP contribution in [-0.2, 0) is 9.53 Å². The third-order valence-corrected chi connectivity index (χ3v) is 3.37. The van der Waals surface area contributed by atoms with Crippen LogP contribution in [0.1, 0.15) is 47.8 Å². The van der Waals surface area contributed by atoms with Gasteiger partial charge in [-0.2, -0.15) is 0 Å². The average Bonchev–Trinajstić information content (AvgIpc) is 2.27. The van der Waals surface area contributed by atoms with Gasteiger partial charge in [-0.3, -0.25) is 4.79 Å². The van der Waals surface area contributed by atoms with Gasteiger partial charge in [0.15, 0.2) is 0 Å². The first-order valence-corrected chi connectivity index (χ1v) is 6.43. The van der Waals surface area contributed by atoms with Crippen LogP contribution in [-0.4, -0.2) is 12.0 Å². The summed E-state index contributed by atoms with van der Waals surface area (Å²) in [5.41, 5.74) is 0.621. The molecule has 2 atom stereocenters. The zero-order valence-electron chi connectivity index (χ0n) is 12.0. The van der Waals surface area contributed by atoms with Crippen LogP contribution in [0, 0.1) is 11.3 Å². The lowest BCUT2D eigenvalue weighted by Crippen LogP contribution is -2.30. The van der Waals surface area contributed by atoms with E-state index in [0.29, 0.717) is 12.3 Å². The zero-order valence-corrected chi connectivity index (χ0v) is 11.0. The monoisotopic (exact) mass is 235 g/mol. The summed E-state index contributed by atoms with van der Waals surface area (Å²) in [5.74, 6) is 0.259. The molecule has 0 fully saturated rings. The first kappa shape index (κ1) is 11.1. The number of allylic oxidation sites excluding steroid dienone is 3. The summed E-state index contributed by atoms with van der Waals surface area (Å²) < 4.78 is 13.7. The molecular weight excluding hydrogens is 212 g/mol. The standard InChI is InChI=1S/C15H22O2/c1-15(2,3)14(16)17-13-9-8-11-6-4-5-7-12(11)10-13/h5,7,10-11,13H,4,6,8-9H2,1-3H3/t11-,13-/m1/s1/i13D. The molecule has 0 spiro atoms. The van der Waals surface area contributed by atoms with E-state index in [-0.39, 0.29) is 5.97 Å². The van der Waals surface area contributed by atoms with E-state index in [1.54, 1.807) is 0 Å². The number of hydrogen-bond acceptors (Lipinski definition) is 2. The van der Waals surface area contributed by atoms with Crippen molar-refractivity contribution in [3.63, 3.8) is 0 Å². The Bertz CT molecular complexity index is 403. The Kier molecular flexibility index (Phi) is 3.04. The fraction of sp³-hybridized carbons (Fsp3) is 0.667. The predicted octanol–water partition coefficient (Wildman–Crippen LogP) is 3.63. The summed E-state index contributed by atoms with van der Waals surface area (Å²) >= 11 is 0. The van der Waals surface area contributed by atoms with E-state index in [2.05, 4.69) is 12.2 Å². The maximum atomic E-state index is 11.9. The lowest BCUT2D eigenvalue weighted by molar-refractivity contribution is -0.156. The minimum Gasteiger partial charge on any atom is -0.458 e. The van der Waals surface area contributed by atoms with Gasteiger partial charge in [0, 0.05) is 0 Å². The molecule has 2 aliphatic rings. The molecule has 0 bridgehead atoms. The van der Waals surface area contributed by atoms with Gasteiger partial charge < -0.3 is 4.74 Å². The van der Waals surface area contributed by atoms with E-state index in [4.69, 9.17) is 6.11 Å². The smallest absolute Gasteiger partial charge is 0.311 e. The van der Waals surface area contributed by atoms with E-state index in [1.807, 2.05) is 26.8 Å². The molecule has 0 radical (unpaired) electrons. The second kappa shape index (κ2) is 4.67. The highest BCUT2D eigenvalue weighted by Gasteiger charge is 2.29. The number of rotatable bonds is 1. The van der Waals surface area contributed by atoms with Crippen LogP contribution in [0.2, 0.25) is 0 Å². The molecule has 0 heterocycles. The molecule has 0 aromatic heterocycles. The summed E-state index contributed by atoms with van der Waals surface area (Å²) in [5, 5.41) is 0. The second-order valence-corrected chi connectivity index (χ2v) is 5.97. The fourth-order valence-electron chi connectivity index (χ4n) is 2.22. The topological polar surface area (TPSA) is 26.3 Å². The number of ether oxygens (including phenoxy) is 1. The van der Waals surface area contributed by atoms with Crippen molar-refractivity contribution in [2.24, 2.45) is 11.3 Å². The maximum absolute atomic E-state index is 11.9. The maximum Gasteiger partial charge on any atom is 0.311 e. The molecule has 0 amide bonds. The van der Waals surface area contributed by atoms with Crippen molar-refractivity contribution in [2.45, 2.75) is 52.5 Å². The first-order valence-electron chi connectivity index (χ1n) is 6.93. The van der Waals surface area contributed by atoms with Crippen LogP contribution < -0.4 is 0 Å². The van der Waals surface area contributed by atoms with E-state index in [1.165, 1.54) is 5.57 Å². The molecule has 0 saturated heterocycles. The summed E-state index contributed by atoms with van der Waals surface area (Å²) in [6.45, 7) is 5.45. The van der Waals surface area contributed by atoms with Crippen LogP contribution in [0.4, 0.5) is 0 Å². The van der Waals surface area contributed by atoms with Gasteiger partial charge in [0.25, 0.3) is 0 Å². The number of carbonyl (C=O) groups is 1. The van der Waals surface area contributed by atoms with Gasteiger partial charge in [-0.15, -0.1) is 0 Å². The van der Waals surface area contributed by atoms with Gasteiger partial charge in [0.05, 0.1) is 6.79 Å². The molecule has 2 heteroatoms. The summed E-state index contributed by atoms with van der Waals surface area (Å²) in [6, 6.07) is 0. The lowest BCUT2D eigenvalue weighted by Gasteiger charge is -2.30. The van der Waals surface area contributed by atoms with Crippen molar-refractivity contribution in [3.8, 4) is 0 Å². The van der Waals surface area contributed by atoms with E-state index in [0.717, 1.165) is 19.3 Å². The Hall–Kier alpha value is -1.05. The van der Waals surface area contributed by atoms with Crippen LogP contribution >= 0.6 is 0 Å². The largest absolute Gasteiger partial charge is 0.458 e. The van der Waals surface area contributed by atoms with Crippen molar-refractivity contribution in [3.05, 3.63) is 23.8 Å². The Morgan fingerprint density at radius 3 is 2.88 bits per heavy atom. The molecule has 17 heavy (non-hydrogen) atoms. The molecule has 2 nitrogen and oxygen atoms in total. The molecule has 0 aliphatic heterocycles. The van der Waals surface area contributed by atoms with Crippen LogP contribution in [0.25, 0.3) is 0 Å². The van der Waals surface area contributed by atoms with Crippen molar-refractivity contribution in [2.75, 3.05) is 0 Å². The molecule has 0 saturated carbocycles. The highest BCUT2D eigenvalue weighted by atomic mass is 16.5. The van der Waals surface area contributed by atoms with E-state index < -0.39 is 11.5 Å². The Morgan fingerprint density at radius 1 is 1.41 bits per heavy atom. The Morgan fingerprint density at radius 2 is 2.18 bits per heavy atom. The highest BCUT2D eigenvalue weighted by Crippen LogP contribution is 2.34. The summed E-state index contributed by atoms with van der Waals surface area (Å²) in [6.07, 6.45) is 8.72. The number of esters is 1. The molecule has 2 aliphatic carbocycles. The molecule has 2 rings (SSSR count). The van der Waals surface area contributed by atoms with Gasteiger partial charge in [-0.1, -0.05) is 12.2 Å². The van der Waals surface area contributed by atoms with Crippen molar-refractivity contribution < 1.29 is 10.9 Å². The predicted molar refractivity (Wildman–Crippen MR) is 68.5 cm³/mol. The van der Waals surface area contributed by atoms with Crippen LogP contribution in [0.3, 0.4) is 0 Å². The number of hydrogen-bond donors (Lipinski definition) is 0. The SMILES string of the molecule is [2H][C@]1(OC(=O)C(C)(C)C)C=C2C=CCC[C@@H]2CC1. The quantitative estimate of drug-likeness (QED) is 0.649. The zero-order chi connectivity index (χ0) is 13.4. The number of carbonyl (C=O) groups excluding carboxylic acids is 1. The van der Waals surface area contributed by atoms with Crippen molar-refractivity contribution in [1.82, 2.24) is 0 Å². The van der Waals surface area contributed by atoms with Gasteiger partial charge in [-0.05, 0) is 64.0 Å². The third-order valence-electron chi connectivity index (χ3n) is 3.37. The molecule has 94 valence electrons. The molecule has 0 aromatic rings. The van der Waals surface area contributed by atoms with Gasteiger partial charge in [0.2, 0.25) is 0 Å². The molecule has 0 N–H and O–H groups in total. The minimum absolute atomic E-state index is 0.299. The van der Waals surface area contributed by atoms with Gasteiger partial charge in [0.1, 0.15) is 6.08 Å². The summed E-state index contributed by atoms with van der Waals surface area (Å²) in [4.78, 5) is 11.9. The van der Waals surface area contributed by atoms with Crippen molar-refractivity contribution in [1.29, 1.82) is 0 Å². The summed E-state index contributed by atoms with van der Waals surface area (Å²) in [7, 11) is 0. The first-order chi connectivity index (χ1) is 8.30.